The molecule has 3 aromatic heterocycles. The van der Waals surface area contributed by atoms with Crippen LogP contribution in [0.5, 0.6) is 0 Å². The average molecular weight is 552 g/mol. The van der Waals surface area contributed by atoms with Gasteiger partial charge in [0.25, 0.3) is 0 Å². The van der Waals surface area contributed by atoms with E-state index in [9.17, 15) is 18.3 Å². The Balaban J connectivity index is 1.33. The quantitative estimate of drug-likeness (QED) is 0.220. The maximum atomic E-state index is 14.2. The Morgan fingerprint density at radius 3 is 2.50 bits per heavy atom. The first kappa shape index (κ1) is 26.4. The fraction of sp³-hybridized carbons (Fsp3) is 0.379. The van der Waals surface area contributed by atoms with Gasteiger partial charge >= 0.3 is 6.18 Å². The van der Waals surface area contributed by atoms with Gasteiger partial charge in [0, 0.05) is 28.2 Å². The number of aliphatic hydroxyl groups excluding tert-OH is 1. The Morgan fingerprint density at radius 1 is 1.05 bits per heavy atom. The number of aromatic nitrogens is 5. The van der Waals surface area contributed by atoms with E-state index in [0.29, 0.717) is 52.3 Å². The van der Waals surface area contributed by atoms with Gasteiger partial charge < -0.3 is 25.7 Å². The molecule has 1 unspecified atom stereocenters. The zero-order chi connectivity index (χ0) is 28.3. The van der Waals surface area contributed by atoms with Gasteiger partial charge in [0.1, 0.15) is 17.7 Å². The molecule has 0 spiro atoms. The fourth-order valence-corrected chi connectivity index (χ4v) is 5.89. The molecule has 4 heterocycles. The molecule has 40 heavy (non-hydrogen) atoms. The number of anilines is 1. The number of hydrogen-bond donors (Lipinski definition) is 4. The van der Waals surface area contributed by atoms with Gasteiger partial charge in [-0.1, -0.05) is 0 Å². The summed E-state index contributed by atoms with van der Waals surface area (Å²) in [6.45, 7) is 7.62. The van der Waals surface area contributed by atoms with Gasteiger partial charge in [-0.2, -0.15) is 18.3 Å². The molecule has 1 atom stereocenters. The third-order valence-corrected chi connectivity index (χ3v) is 8.07. The van der Waals surface area contributed by atoms with Crippen LogP contribution in [-0.4, -0.2) is 53.9 Å². The van der Waals surface area contributed by atoms with E-state index >= 15 is 0 Å². The fourth-order valence-electron chi connectivity index (χ4n) is 5.89. The van der Waals surface area contributed by atoms with E-state index in [1.807, 2.05) is 25.1 Å². The number of hydrogen-bond acceptors (Lipinski definition) is 5. The summed E-state index contributed by atoms with van der Waals surface area (Å²) in [6.07, 6.45) is -2.87. The zero-order valence-corrected chi connectivity index (χ0v) is 22.5. The Kier molecular flexibility index (Phi) is 6.38. The molecule has 0 saturated carbocycles. The lowest BCUT2D eigenvalue weighted by molar-refractivity contribution is -0.138. The summed E-state index contributed by atoms with van der Waals surface area (Å²) in [5, 5.41) is 16.2. The van der Waals surface area contributed by atoms with Crippen LogP contribution in [0.2, 0.25) is 0 Å². The number of nitrogens with one attached hydrogen (secondary N) is 2. The molecule has 210 valence electrons. The van der Waals surface area contributed by atoms with Gasteiger partial charge in [-0.15, -0.1) is 0 Å². The lowest BCUT2D eigenvalue weighted by Gasteiger charge is -2.35. The average Bonchev–Trinajstić information content (AvgIpc) is 3.61. The molecule has 6 rings (SSSR count). The summed E-state index contributed by atoms with van der Waals surface area (Å²) in [4.78, 5) is 12.9. The summed E-state index contributed by atoms with van der Waals surface area (Å²) in [7, 11) is 0. The predicted molar refractivity (Wildman–Crippen MR) is 148 cm³/mol. The van der Waals surface area contributed by atoms with Gasteiger partial charge in [-0.3, -0.25) is 0 Å². The van der Waals surface area contributed by atoms with Crippen molar-refractivity contribution < 1.29 is 18.3 Å². The van der Waals surface area contributed by atoms with Gasteiger partial charge in [-0.25, -0.2) is 9.67 Å². The summed E-state index contributed by atoms with van der Waals surface area (Å²) in [5.74, 6) is 0.841. The molecule has 0 radical (unpaired) electrons. The number of benzene rings is 2. The van der Waals surface area contributed by atoms with Crippen molar-refractivity contribution in [1.29, 1.82) is 0 Å². The second-order valence-electron chi connectivity index (χ2n) is 11.0. The standard InChI is InChI=1S/C29H32F3N7O/c1-15(2)38-8-6-17(7-9-38)20-10-18-11-26(37-24(18)13-22(20)29(30,31)32)27(40)21-14-34-39(28(21)33)19-4-5-23-25(12-19)36-16(3)35-23/h4-5,10-15,17,27,37,40H,6-9,33H2,1-3H3,(H,35,36). The van der Waals surface area contributed by atoms with Crippen molar-refractivity contribution in [3.05, 3.63) is 70.8 Å². The highest BCUT2D eigenvalue weighted by Crippen LogP contribution is 2.42. The highest BCUT2D eigenvalue weighted by molar-refractivity contribution is 5.83. The first-order valence-electron chi connectivity index (χ1n) is 13.5. The summed E-state index contributed by atoms with van der Waals surface area (Å²) in [6, 6.07) is 10.4. The summed E-state index contributed by atoms with van der Waals surface area (Å²) < 4.78 is 44.0. The van der Waals surface area contributed by atoms with Crippen LogP contribution in [0, 0.1) is 6.92 Å². The highest BCUT2D eigenvalue weighted by atomic mass is 19.4. The Labute approximate surface area is 229 Å². The van der Waals surface area contributed by atoms with E-state index in [1.165, 1.54) is 16.9 Å². The van der Waals surface area contributed by atoms with Crippen LogP contribution in [0.25, 0.3) is 27.6 Å². The molecule has 5 aromatic rings. The van der Waals surface area contributed by atoms with E-state index in [-0.39, 0.29) is 11.7 Å². The minimum Gasteiger partial charge on any atom is -0.383 e. The monoisotopic (exact) mass is 551 g/mol. The number of fused-ring (bicyclic) bond motifs is 2. The molecular weight excluding hydrogens is 519 g/mol. The summed E-state index contributed by atoms with van der Waals surface area (Å²) in [5.41, 5.74) is 9.44. The largest absolute Gasteiger partial charge is 0.416 e. The van der Waals surface area contributed by atoms with Gasteiger partial charge in [0.2, 0.25) is 0 Å². The second kappa shape index (κ2) is 9.67. The maximum Gasteiger partial charge on any atom is 0.416 e. The Hall–Kier alpha value is -3.83. The Bertz CT molecular complexity index is 1690. The van der Waals surface area contributed by atoms with Crippen LogP contribution < -0.4 is 5.73 Å². The third kappa shape index (κ3) is 4.62. The molecular formula is C29H32F3N7O. The number of halogens is 3. The van der Waals surface area contributed by atoms with Crippen molar-refractivity contribution in [2.45, 2.75) is 57.9 Å². The van der Waals surface area contributed by atoms with Crippen LogP contribution in [0.1, 0.15) is 66.9 Å². The van der Waals surface area contributed by atoms with E-state index < -0.39 is 17.8 Å². The normalized spacial score (nSPS) is 16.5. The first-order chi connectivity index (χ1) is 19.0. The van der Waals surface area contributed by atoms with Crippen molar-refractivity contribution in [2.24, 2.45) is 0 Å². The molecule has 0 aliphatic carbocycles. The number of imidazole rings is 1. The van der Waals surface area contributed by atoms with Crippen molar-refractivity contribution >= 4 is 27.8 Å². The number of rotatable bonds is 5. The minimum absolute atomic E-state index is 0.177. The molecule has 8 nitrogen and oxygen atoms in total. The topological polar surface area (TPSA) is 112 Å². The number of aromatic amines is 2. The lowest BCUT2D eigenvalue weighted by Crippen LogP contribution is -2.38. The third-order valence-electron chi connectivity index (χ3n) is 8.07. The van der Waals surface area contributed by atoms with Crippen LogP contribution in [0.15, 0.2) is 42.6 Å². The maximum absolute atomic E-state index is 14.2. The number of alkyl halides is 3. The molecule has 5 N–H and O–H groups in total. The molecule has 1 saturated heterocycles. The van der Waals surface area contributed by atoms with Crippen LogP contribution in [-0.2, 0) is 6.18 Å². The van der Waals surface area contributed by atoms with Crippen LogP contribution >= 0.6 is 0 Å². The van der Waals surface area contributed by atoms with E-state index in [1.54, 1.807) is 12.1 Å². The minimum atomic E-state index is -4.48. The first-order valence-corrected chi connectivity index (χ1v) is 13.5. The number of nitrogen functional groups attached to an aromatic ring is 1. The molecule has 1 aliphatic heterocycles. The second-order valence-corrected chi connectivity index (χ2v) is 11.0. The molecule has 0 amide bonds. The van der Waals surface area contributed by atoms with Crippen molar-refractivity contribution in [1.82, 2.24) is 29.6 Å². The number of piperidine rings is 1. The summed E-state index contributed by atoms with van der Waals surface area (Å²) >= 11 is 0. The van der Waals surface area contributed by atoms with E-state index in [0.717, 1.165) is 29.9 Å². The van der Waals surface area contributed by atoms with Gasteiger partial charge in [-0.05, 0) is 94.6 Å². The Morgan fingerprint density at radius 2 is 1.80 bits per heavy atom. The number of aliphatic hydroxyl groups is 1. The lowest BCUT2D eigenvalue weighted by atomic mass is 9.85. The van der Waals surface area contributed by atoms with Gasteiger partial charge in [0.05, 0.1) is 28.5 Å². The predicted octanol–water partition coefficient (Wildman–Crippen LogP) is 5.81. The van der Waals surface area contributed by atoms with Crippen LogP contribution in [0.4, 0.5) is 19.0 Å². The molecule has 0 bridgehead atoms. The zero-order valence-electron chi connectivity index (χ0n) is 22.5. The number of likely N-dealkylation sites (tertiary alicyclic amines) is 1. The van der Waals surface area contributed by atoms with E-state index in [2.05, 4.69) is 38.8 Å². The van der Waals surface area contributed by atoms with Gasteiger partial charge in [0.15, 0.2) is 0 Å². The number of nitrogens with zero attached hydrogens (tertiary/aromatic N) is 4. The van der Waals surface area contributed by atoms with Crippen molar-refractivity contribution in [3.63, 3.8) is 0 Å². The highest BCUT2D eigenvalue weighted by Gasteiger charge is 2.37. The number of H-pyrrole nitrogens is 2. The van der Waals surface area contributed by atoms with Crippen LogP contribution in [0.3, 0.4) is 0 Å². The molecule has 11 heteroatoms. The van der Waals surface area contributed by atoms with E-state index in [4.69, 9.17) is 5.73 Å². The number of aryl methyl sites for hydroxylation is 1. The van der Waals surface area contributed by atoms with Crippen molar-refractivity contribution in [3.8, 4) is 5.69 Å². The molecule has 2 aromatic carbocycles. The SMILES string of the molecule is Cc1nc2ccc(-n3ncc(C(O)c4cc5cc(C6CCN(C(C)C)CC6)c(C(F)(F)F)cc5[nH]4)c3N)cc2[nH]1. The number of nitrogens with two attached hydrogens (primary N) is 1. The smallest absolute Gasteiger partial charge is 0.383 e. The molecule has 1 aliphatic rings. The molecule has 1 fully saturated rings. The van der Waals surface area contributed by atoms with Crippen molar-refractivity contribution in [2.75, 3.05) is 18.8 Å².